The molecule has 140 valence electrons. The van der Waals surface area contributed by atoms with E-state index in [9.17, 15) is 13.9 Å². The standard InChI is InChI=1S/C21H24F2O3/c1-13-4-6-15-18(9-8-17(23)20(13)15)26-19-12-14(5-7-16(19)22)25-11-10-21(2,3)24/h5,7-9,12-13,24H,4,6,10-11H2,1-3H3. The van der Waals surface area contributed by atoms with Gasteiger partial charge < -0.3 is 14.6 Å². The van der Waals surface area contributed by atoms with Gasteiger partial charge in [0.25, 0.3) is 0 Å². The van der Waals surface area contributed by atoms with Crippen molar-refractivity contribution >= 4 is 0 Å². The minimum atomic E-state index is -0.829. The molecular weight excluding hydrogens is 338 g/mol. The Morgan fingerprint density at radius 3 is 2.58 bits per heavy atom. The lowest BCUT2D eigenvalue weighted by molar-refractivity contribution is 0.0553. The van der Waals surface area contributed by atoms with Gasteiger partial charge in [-0.05, 0) is 62.4 Å². The van der Waals surface area contributed by atoms with Crippen LogP contribution in [0.25, 0.3) is 0 Å². The molecule has 0 amide bonds. The summed E-state index contributed by atoms with van der Waals surface area (Å²) in [5.41, 5.74) is 0.649. The average molecular weight is 362 g/mol. The highest BCUT2D eigenvalue weighted by atomic mass is 19.1. The van der Waals surface area contributed by atoms with E-state index in [4.69, 9.17) is 9.47 Å². The fourth-order valence-electron chi connectivity index (χ4n) is 3.20. The highest BCUT2D eigenvalue weighted by molar-refractivity contribution is 5.48. The molecule has 26 heavy (non-hydrogen) atoms. The topological polar surface area (TPSA) is 38.7 Å². The highest BCUT2D eigenvalue weighted by Gasteiger charge is 2.26. The normalized spacial score (nSPS) is 16.5. The summed E-state index contributed by atoms with van der Waals surface area (Å²) in [5.74, 6) is 0.371. The Balaban J connectivity index is 1.79. The van der Waals surface area contributed by atoms with E-state index in [-0.39, 0.29) is 17.5 Å². The second kappa shape index (κ2) is 7.23. The quantitative estimate of drug-likeness (QED) is 0.753. The minimum absolute atomic E-state index is 0.0409. The maximum absolute atomic E-state index is 14.2. The van der Waals surface area contributed by atoms with Crippen molar-refractivity contribution in [1.82, 2.24) is 0 Å². The van der Waals surface area contributed by atoms with Crippen LogP contribution in [0.3, 0.4) is 0 Å². The Labute approximate surface area is 152 Å². The summed E-state index contributed by atoms with van der Waals surface area (Å²) in [4.78, 5) is 0. The molecule has 0 bridgehead atoms. The van der Waals surface area contributed by atoms with Crippen molar-refractivity contribution in [2.24, 2.45) is 0 Å². The van der Waals surface area contributed by atoms with Gasteiger partial charge in [-0.15, -0.1) is 0 Å². The monoisotopic (exact) mass is 362 g/mol. The molecule has 1 unspecified atom stereocenters. The lowest BCUT2D eigenvalue weighted by Crippen LogP contribution is -2.21. The summed E-state index contributed by atoms with van der Waals surface area (Å²) in [5, 5.41) is 9.73. The van der Waals surface area contributed by atoms with Crippen LogP contribution < -0.4 is 9.47 Å². The van der Waals surface area contributed by atoms with E-state index in [0.717, 1.165) is 12.0 Å². The molecule has 0 fully saturated rings. The Morgan fingerprint density at radius 1 is 1.12 bits per heavy atom. The van der Waals surface area contributed by atoms with Crippen molar-refractivity contribution < 1.29 is 23.4 Å². The number of aliphatic hydroxyl groups is 1. The van der Waals surface area contributed by atoms with E-state index in [1.807, 2.05) is 6.92 Å². The van der Waals surface area contributed by atoms with Gasteiger partial charge in [0.1, 0.15) is 17.3 Å². The molecule has 0 spiro atoms. The molecule has 2 aromatic rings. The maximum atomic E-state index is 14.2. The van der Waals surface area contributed by atoms with Crippen molar-refractivity contribution in [3.8, 4) is 17.2 Å². The number of ether oxygens (including phenoxy) is 2. The molecule has 3 rings (SSSR count). The Kier molecular flexibility index (Phi) is 5.19. The number of halogens is 2. The van der Waals surface area contributed by atoms with Gasteiger partial charge in [-0.2, -0.15) is 0 Å². The molecule has 5 heteroatoms. The molecule has 3 nitrogen and oxygen atoms in total. The van der Waals surface area contributed by atoms with Gasteiger partial charge in [0, 0.05) is 18.1 Å². The van der Waals surface area contributed by atoms with Crippen molar-refractivity contribution in [2.45, 2.75) is 51.6 Å². The summed E-state index contributed by atoms with van der Waals surface area (Å²) in [6.07, 6.45) is 2.02. The molecule has 2 aromatic carbocycles. The van der Waals surface area contributed by atoms with E-state index in [1.165, 1.54) is 24.3 Å². The van der Waals surface area contributed by atoms with E-state index < -0.39 is 11.4 Å². The number of rotatable bonds is 6. The second-order valence-electron chi connectivity index (χ2n) is 7.48. The Morgan fingerprint density at radius 2 is 1.85 bits per heavy atom. The SMILES string of the molecule is CC1CCc2c(Oc3cc(OCCC(C)(C)O)ccc3F)ccc(F)c21. The van der Waals surface area contributed by atoms with E-state index in [1.54, 1.807) is 19.9 Å². The summed E-state index contributed by atoms with van der Waals surface area (Å²) < 4.78 is 39.6. The second-order valence-corrected chi connectivity index (χ2v) is 7.48. The third kappa shape index (κ3) is 4.15. The Bertz CT molecular complexity index is 797. The fourth-order valence-corrected chi connectivity index (χ4v) is 3.20. The largest absolute Gasteiger partial charge is 0.493 e. The zero-order valence-corrected chi connectivity index (χ0v) is 15.3. The van der Waals surface area contributed by atoms with Gasteiger partial charge in [0.05, 0.1) is 12.2 Å². The number of fused-ring (bicyclic) bond motifs is 1. The number of benzene rings is 2. The van der Waals surface area contributed by atoms with E-state index in [0.29, 0.717) is 36.5 Å². The molecular formula is C21H24F2O3. The van der Waals surface area contributed by atoms with Crippen molar-refractivity contribution in [3.63, 3.8) is 0 Å². The molecule has 0 radical (unpaired) electrons. The Hall–Kier alpha value is -2.14. The third-order valence-corrected chi connectivity index (χ3v) is 4.69. The lowest BCUT2D eigenvalue weighted by Gasteiger charge is -2.17. The first-order valence-corrected chi connectivity index (χ1v) is 8.88. The number of hydrogen-bond donors (Lipinski definition) is 1. The zero-order valence-electron chi connectivity index (χ0n) is 15.3. The summed E-state index contributed by atoms with van der Waals surface area (Å²) in [6.45, 7) is 5.69. The predicted molar refractivity (Wildman–Crippen MR) is 96.0 cm³/mol. The van der Waals surface area contributed by atoms with Gasteiger partial charge in [-0.1, -0.05) is 6.92 Å². The first-order chi connectivity index (χ1) is 12.2. The molecule has 0 aliphatic heterocycles. The molecule has 1 atom stereocenters. The van der Waals surface area contributed by atoms with Crippen LogP contribution in [0.2, 0.25) is 0 Å². The van der Waals surface area contributed by atoms with Crippen LogP contribution in [0.1, 0.15) is 50.7 Å². The molecule has 0 saturated heterocycles. The summed E-state index contributed by atoms with van der Waals surface area (Å²) in [7, 11) is 0. The highest BCUT2D eigenvalue weighted by Crippen LogP contribution is 2.41. The molecule has 0 aromatic heterocycles. The third-order valence-electron chi connectivity index (χ3n) is 4.69. The van der Waals surface area contributed by atoms with Crippen LogP contribution in [0.4, 0.5) is 8.78 Å². The summed E-state index contributed by atoms with van der Waals surface area (Å²) >= 11 is 0. The first-order valence-electron chi connectivity index (χ1n) is 8.88. The number of hydrogen-bond acceptors (Lipinski definition) is 3. The van der Waals surface area contributed by atoms with Crippen LogP contribution in [-0.4, -0.2) is 17.3 Å². The van der Waals surface area contributed by atoms with Gasteiger partial charge in [0.15, 0.2) is 11.6 Å². The lowest BCUT2D eigenvalue weighted by atomic mass is 10.0. The van der Waals surface area contributed by atoms with Crippen LogP contribution >= 0.6 is 0 Å². The van der Waals surface area contributed by atoms with Crippen molar-refractivity contribution in [3.05, 3.63) is 53.1 Å². The molecule has 0 saturated carbocycles. The molecule has 1 aliphatic rings. The predicted octanol–water partition coefficient (Wildman–Crippen LogP) is 5.35. The van der Waals surface area contributed by atoms with Gasteiger partial charge in [0.2, 0.25) is 0 Å². The average Bonchev–Trinajstić information content (AvgIpc) is 2.95. The van der Waals surface area contributed by atoms with Gasteiger partial charge in [-0.3, -0.25) is 0 Å². The smallest absolute Gasteiger partial charge is 0.166 e. The maximum Gasteiger partial charge on any atom is 0.166 e. The van der Waals surface area contributed by atoms with E-state index in [2.05, 4.69) is 0 Å². The van der Waals surface area contributed by atoms with Crippen LogP contribution in [0.15, 0.2) is 30.3 Å². The van der Waals surface area contributed by atoms with Gasteiger partial charge in [-0.25, -0.2) is 8.78 Å². The van der Waals surface area contributed by atoms with Crippen LogP contribution in [0.5, 0.6) is 17.2 Å². The first kappa shape index (κ1) is 18.6. The van der Waals surface area contributed by atoms with Crippen LogP contribution in [-0.2, 0) is 6.42 Å². The molecule has 1 aliphatic carbocycles. The summed E-state index contributed by atoms with van der Waals surface area (Å²) in [6, 6.07) is 7.20. The zero-order chi connectivity index (χ0) is 18.9. The van der Waals surface area contributed by atoms with Crippen LogP contribution in [0, 0.1) is 11.6 Å². The minimum Gasteiger partial charge on any atom is -0.493 e. The van der Waals surface area contributed by atoms with Gasteiger partial charge >= 0.3 is 0 Å². The van der Waals surface area contributed by atoms with Crippen molar-refractivity contribution in [1.29, 1.82) is 0 Å². The fraction of sp³-hybridized carbons (Fsp3) is 0.429. The molecule has 1 N–H and O–H groups in total. The van der Waals surface area contributed by atoms with E-state index >= 15 is 0 Å². The van der Waals surface area contributed by atoms with Crippen molar-refractivity contribution in [2.75, 3.05) is 6.61 Å². The molecule has 0 heterocycles.